The van der Waals surface area contributed by atoms with Gasteiger partial charge in [0.15, 0.2) is 0 Å². The van der Waals surface area contributed by atoms with Crippen LogP contribution in [-0.4, -0.2) is 16.9 Å². The van der Waals surface area contributed by atoms with Crippen LogP contribution < -0.4 is 5.32 Å². The molecule has 156 valence electrons. The van der Waals surface area contributed by atoms with Crippen molar-refractivity contribution in [1.82, 2.24) is 4.98 Å². The third-order valence-corrected chi connectivity index (χ3v) is 5.15. The number of amides is 1. The minimum absolute atomic E-state index is 0.174. The van der Waals surface area contributed by atoms with Crippen LogP contribution in [0.25, 0.3) is 10.9 Å². The number of H-pyrrole nitrogens is 1. The Morgan fingerprint density at radius 3 is 2.42 bits per heavy atom. The molecule has 1 aromatic heterocycles. The number of aromatic nitrogens is 1. The van der Waals surface area contributed by atoms with Gasteiger partial charge in [-0.05, 0) is 54.3 Å². The predicted octanol–water partition coefficient (Wildman–Crippen LogP) is 5.49. The zero-order valence-corrected chi connectivity index (χ0v) is 17.1. The van der Waals surface area contributed by atoms with Crippen LogP contribution in [0, 0.1) is 0 Å². The molecule has 0 saturated heterocycles. The summed E-state index contributed by atoms with van der Waals surface area (Å²) in [6.07, 6.45) is 3.94. The molecule has 0 aliphatic carbocycles. The minimum atomic E-state index is -0.217. The van der Waals surface area contributed by atoms with Gasteiger partial charge < -0.3 is 15.0 Å². The van der Waals surface area contributed by atoms with Crippen LogP contribution in [0.1, 0.15) is 34.3 Å². The summed E-state index contributed by atoms with van der Waals surface area (Å²) < 4.78 is 5.38. The summed E-state index contributed by atoms with van der Waals surface area (Å²) in [7, 11) is 0. The van der Waals surface area contributed by atoms with Gasteiger partial charge in [-0.2, -0.15) is 0 Å². The number of rotatable bonds is 8. The van der Waals surface area contributed by atoms with E-state index in [1.54, 1.807) is 24.3 Å². The highest BCUT2D eigenvalue weighted by Crippen LogP contribution is 2.19. The molecule has 0 aliphatic heterocycles. The quantitative estimate of drug-likeness (QED) is 0.376. The van der Waals surface area contributed by atoms with Crippen molar-refractivity contribution in [3.05, 3.63) is 102 Å². The van der Waals surface area contributed by atoms with Gasteiger partial charge in [0.1, 0.15) is 6.61 Å². The summed E-state index contributed by atoms with van der Waals surface area (Å²) in [5.74, 6) is -0.391. The Morgan fingerprint density at radius 1 is 0.871 bits per heavy atom. The molecule has 3 aromatic carbocycles. The SMILES string of the molecule is O=C(CCCc1c[nH]c2ccccc12)OCc1ccc(C(=O)Nc2ccccc2)cc1. The highest BCUT2D eigenvalue weighted by molar-refractivity contribution is 6.04. The molecule has 4 rings (SSSR count). The average Bonchev–Trinajstić information content (AvgIpc) is 3.22. The lowest BCUT2D eigenvalue weighted by Crippen LogP contribution is -2.11. The number of hydrogen-bond donors (Lipinski definition) is 2. The summed E-state index contributed by atoms with van der Waals surface area (Å²) in [6, 6.07) is 24.5. The number of para-hydroxylation sites is 2. The summed E-state index contributed by atoms with van der Waals surface area (Å²) >= 11 is 0. The molecule has 0 spiro atoms. The number of aryl methyl sites for hydroxylation is 1. The van der Waals surface area contributed by atoms with Crippen LogP contribution >= 0.6 is 0 Å². The third-order valence-electron chi connectivity index (χ3n) is 5.15. The molecule has 0 bridgehead atoms. The van der Waals surface area contributed by atoms with Gasteiger partial charge in [0, 0.05) is 34.8 Å². The Labute approximate surface area is 181 Å². The van der Waals surface area contributed by atoms with Crippen LogP contribution in [0.2, 0.25) is 0 Å². The van der Waals surface area contributed by atoms with E-state index in [1.807, 2.05) is 54.7 Å². The number of fused-ring (bicyclic) bond motifs is 1. The first kappa shape index (κ1) is 20.4. The Bertz CT molecular complexity index is 1160. The van der Waals surface area contributed by atoms with Crippen molar-refractivity contribution in [1.29, 1.82) is 0 Å². The van der Waals surface area contributed by atoms with Crippen molar-refractivity contribution in [3.63, 3.8) is 0 Å². The van der Waals surface area contributed by atoms with Crippen LogP contribution in [0.4, 0.5) is 5.69 Å². The van der Waals surface area contributed by atoms with Crippen molar-refractivity contribution in [2.45, 2.75) is 25.9 Å². The minimum Gasteiger partial charge on any atom is -0.461 e. The Hall–Kier alpha value is -3.86. The first-order valence-corrected chi connectivity index (χ1v) is 10.3. The van der Waals surface area contributed by atoms with Gasteiger partial charge in [0.2, 0.25) is 0 Å². The van der Waals surface area contributed by atoms with E-state index in [9.17, 15) is 9.59 Å². The zero-order valence-electron chi connectivity index (χ0n) is 17.1. The van der Waals surface area contributed by atoms with Crippen LogP contribution in [0.5, 0.6) is 0 Å². The maximum absolute atomic E-state index is 12.3. The molecule has 1 amide bonds. The number of ether oxygens (including phenoxy) is 1. The first-order valence-electron chi connectivity index (χ1n) is 10.3. The molecule has 5 nitrogen and oxygen atoms in total. The number of hydrogen-bond acceptors (Lipinski definition) is 3. The Balaban J connectivity index is 1.21. The predicted molar refractivity (Wildman–Crippen MR) is 122 cm³/mol. The Kier molecular flexibility index (Phi) is 6.43. The van der Waals surface area contributed by atoms with Gasteiger partial charge in [-0.3, -0.25) is 9.59 Å². The maximum atomic E-state index is 12.3. The van der Waals surface area contributed by atoms with Gasteiger partial charge in [0.05, 0.1) is 0 Å². The topological polar surface area (TPSA) is 71.2 Å². The van der Waals surface area contributed by atoms with Gasteiger partial charge in [0.25, 0.3) is 5.91 Å². The van der Waals surface area contributed by atoms with E-state index in [1.165, 1.54) is 10.9 Å². The number of nitrogens with one attached hydrogen (secondary N) is 2. The molecule has 0 fully saturated rings. The van der Waals surface area contributed by atoms with Crippen molar-refractivity contribution >= 4 is 28.5 Å². The molecule has 5 heteroatoms. The Morgan fingerprint density at radius 2 is 1.61 bits per heavy atom. The highest BCUT2D eigenvalue weighted by atomic mass is 16.5. The highest BCUT2D eigenvalue weighted by Gasteiger charge is 2.09. The van der Waals surface area contributed by atoms with Crippen molar-refractivity contribution in [3.8, 4) is 0 Å². The lowest BCUT2D eigenvalue weighted by molar-refractivity contribution is -0.145. The monoisotopic (exact) mass is 412 g/mol. The molecule has 31 heavy (non-hydrogen) atoms. The van der Waals surface area contributed by atoms with Gasteiger partial charge >= 0.3 is 5.97 Å². The van der Waals surface area contributed by atoms with E-state index in [0.29, 0.717) is 12.0 Å². The maximum Gasteiger partial charge on any atom is 0.306 e. The zero-order chi connectivity index (χ0) is 21.5. The standard InChI is InChI=1S/C26H24N2O3/c29-25(12-6-7-21-17-27-24-11-5-4-10-23(21)24)31-18-19-13-15-20(16-14-19)26(30)28-22-8-2-1-3-9-22/h1-5,8-11,13-17,27H,6-7,12,18H2,(H,28,30). The summed E-state index contributed by atoms with van der Waals surface area (Å²) in [5, 5.41) is 4.05. The fourth-order valence-electron chi connectivity index (χ4n) is 3.47. The molecule has 0 unspecified atom stereocenters. The van der Waals surface area contributed by atoms with E-state index in [-0.39, 0.29) is 18.5 Å². The first-order chi connectivity index (χ1) is 15.2. The van der Waals surface area contributed by atoms with Crippen LogP contribution in [0.3, 0.4) is 0 Å². The molecule has 4 aromatic rings. The number of anilines is 1. The molecule has 0 aliphatic rings. The third kappa shape index (κ3) is 5.39. The largest absolute Gasteiger partial charge is 0.461 e. The van der Waals surface area contributed by atoms with E-state index in [0.717, 1.165) is 29.6 Å². The molecule has 2 N–H and O–H groups in total. The molecule has 0 radical (unpaired) electrons. The molecule has 1 heterocycles. The van der Waals surface area contributed by atoms with E-state index in [4.69, 9.17) is 4.74 Å². The number of carbonyl (C=O) groups excluding carboxylic acids is 2. The number of esters is 1. The van der Waals surface area contributed by atoms with Crippen molar-refractivity contribution < 1.29 is 14.3 Å². The molecular formula is C26H24N2O3. The molecular weight excluding hydrogens is 388 g/mol. The second-order valence-electron chi connectivity index (χ2n) is 7.39. The molecule has 0 atom stereocenters. The molecule has 0 saturated carbocycles. The summed E-state index contributed by atoms with van der Waals surface area (Å²) in [5.41, 5.74) is 4.48. The lowest BCUT2D eigenvalue weighted by atomic mass is 10.1. The second kappa shape index (κ2) is 9.76. The van der Waals surface area contributed by atoms with Gasteiger partial charge in [-0.15, -0.1) is 0 Å². The van der Waals surface area contributed by atoms with Crippen LogP contribution in [-0.2, 0) is 22.6 Å². The summed E-state index contributed by atoms with van der Waals surface area (Å²) in [4.78, 5) is 27.6. The second-order valence-corrected chi connectivity index (χ2v) is 7.39. The van der Waals surface area contributed by atoms with E-state index < -0.39 is 0 Å². The summed E-state index contributed by atoms with van der Waals surface area (Å²) in [6.45, 7) is 0.201. The normalized spacial score (nSPS) is 10.7. The smallest absolute Gasteiger partial charge is 0.306 e. The number of carbonyl (C=O) groups is 2. The lowest BCUT2D eigenvalue weighted by Gasteiger charge is -2.07. The van der Waals surface area contributed by atoms with Gasteiger partial charge in [-0.25, -0.2) is 0 Å². The van der Waals surface area contributed by atoms with Crippen molar-refractivity contribution in [2.24, 2.45) is 0 Å². The van der Waals surface area contributed by atoms with Gasteiger partial charge in [-0.1, -0.05) is 48.5 Å². The van der Waals surface area contributed by atoms with E-state index in [2.05, 4.69) is 16.4 Å². The van der Waals surface area contributed by atoms with E-state index >= 15 is 0 Å². The number of benzene rings is 3. The fourth-order valence-corrected chi connectivity index (χ4v) is 3.47. The van der Waals surface area contributed by atoms with Crippen molar-refractivity contribution in [2.75, 3.05) is 5.32 Å². The fraction of sp³-hybridized carbons (Fsp3) is 0.154. The van der Waals surface area contributed by atoms with Crippen LogP contribution in [0.15, 0.2) is 85.1 Å². The number of aromatic amines is 1. The average molecular weight is 412 g/mol.